The summed E-state index contributed by atoms with van der Waals surface area (Å²) in [5.74, 6) is 0.201. The minimum Gasteiger partial charge on any atom is -0.487 e. The van der Waals surface area contributed by atoms with E-state index in [1.165, 1.54) is 6.92 Å². The molecule has 0 radical (unpaired) electrons. The summed E-state index contributed by atoms with van der Waals surface area (Å²) in [6.07, 6.45) is 5.04. The van der Waals surface area contributed by atoms with Crippen molar-refractivity contribution in [2.75, 3.05) is 10.6 Å². The van der Waals surface area contributed by atoms with E-state index < -0.39 is 6.04 Å². The highest BCUT2D eigenvalue weighted by Crippen LogP contribution is 2.35. The molecule has 6 rings (SSSR count). The van der Waals surface area contributed by atoms with Crippen molar-refractivity contribution in [3.05, 3.63) is 142 Å². The van der Waals surface area contributed by atoms with Crippen LogP contribution < -0.4 is 15.4 Å². The smallest absolute Gasteiger partial charge is 0.255 e. The number of carbonyl (C=O) groups excluding carboxylic acids is 2. The van der Waals surface area contributed by atoms with E-state index >= 15 is 0 Å². The van der Waals surface area contributed by atoms with Gasteiger partial charge in [0.15, 0.2) is 5.78 Å². The van der Waals surface area contributed by atoms with Crippen molar-refractivity contribution in [3.63, 3.8) is 0 Å². The van der Waals surface area contributed by atoms with Gasteiger partial charge in [-0.25, -0.2) is 4.98 Å². The fourth-order valence-corrected chi connectivity index (χ4v) is 5.75. The summed E-state index contributed by atoms with van der Waals surface area (Å²) in [6, 6.07) is 26.7. The topological polar surface area (TPSA) is 98.1 Å². The Morgan fingerprint density at radius 2 is 1.76 bits per heavy atom. The molecule has 1 unspecified atom stereocenters. The predicted molar refractivity (Wildman–Crippen MR) is 182 cm³/mol. The Morgan fingerprint density at radius 1 is 0.935 bits per heavy atom. The van der Waals surface area contributed by atoms with Crippen LogP contribution in [0.4, 0.5) is 11.4 Å². The van der Waals surface area contributed by atoms with Crippen molar-refractivity contribution >= 4 is 57.2 Å². The number of nitrogens with one attached hydrogen (secondary N) is 2. The number of fused-ring (bicyclic) bond motifs is 1. The standard InChI is InChI=1S/C36H29Cl2N5O3/c1-22-13-14-24-7-4-12-32(35(24)40-22)46-21-28-29(37)15-16-30(33(28)38)43-18-6-11-31(43)34(23(2)44)41-26-9-3-8-25(19-26)36(45)42-27-10-5-17-39-20-27/h3-20,34,41H,21H2,1-2H3,(H,42,45). The van der Waals surface area contributed by atoms with E-state index in [9.17, 15) is 9.59 Å². The summed E-state index contributed by atoms with van der Waals surface area (Å²) >= 11 is 13.6. The zero-order valence-electron chi connectivity index (χ0n) is 25.0. The van der Waals surface area contributed by atoms with E-state index in [1.807, 2.05) is 60.2 Å². The Morgan fingerprint density at radius 3 is 2.57 bits per heavy atom. The number of hydrogen-bond acceptors (Lipinski definition) is 6. The molecule has 0 spiro atoms. The number of anilines is 2. The highest BCUT2D eigenvalue weighted by molar-refractivity contribution is 6.37. The third-order valence-electron chi connectivity index (χ3n) is 7.46. The average molecular weight is 651 g/mol. The molecule has 1 atom stereocenters. The molecule has 0 fully saturated rings. The molecule has 1 amide bonds. The number of rotatable bonds is 10. The molecule has 0 saturated carbocycles. The maximum Gasteiger partial charge on any atom is 0.255 e. The monoisotopic (exact) mass is 649 g/mol. The third kappa shape index (κ3) is 6.59. The summed E-state index contributed by atoms with van der Waals surface area (Å²) in [6.45, 7) is 3.55. The number of amides is 1. The molecule has 3 heterocycles. The number of halogens is 2. The number of carbonyl (C=O) groups is 2. The maximum absolute atomic E-state index is 13.0. The second-order valence-corrected chi connectivity index (χ2v) is 11.5. The first-order valence-corrected chi connectivity index (χ1v) is 15.3. The fourth-order valence-electron chi connectivity index (χ4n) is 5.18. The molecular formula is C36H29Cl2N5O3. The Hall–Kier alpha value is -5.18. The molecule has 0 aliphatic heterocycles. The minimum absolute atomic E-state index is 0.110. The zero-order chi connectivity index (χ0) is 32.2. The summed E-state index contributed by atoms with van der Waals surface area (Å²) in [7, 11) is 0. The number of ether oxygens (including phenoxy) is 1. The van der Waals surface area contributed by atoms with E-state index in [0.29, 0.717) is 49.7 Å². The second kappa shape index (κ2) is 13.4. The van der Waals surface area contributed by atoms with Crippen molar-refractivity contribution in [2.45, 2.75) is 26.5 Å². The van der Waals surface area contributed by atoms with Crippen molar-refractivity contribution in [1.82, 2.24) is 14.5 Å². The molecule has 0 bridgehead atoms. The maximum atomic E-state index is 13.0. The molecule has 0 saturated heterocycles. The lowest BCUT2D eigenvalue weighted by molar-refractivity contribution is -0.117. The van der Waals surface area contributed by atoms with Gasteiger partial charge < -0.3 is 19.9 Å². The van der Waals surface area contributed by atoms with Crippen LogP contribution in [0.3, 0.4) is 0 Å². The van der Waals surface area contributed by atoms with E-state index in [4.69, 9.17) is 27.9 Å². The van der Waals surface area contributed by atoms with Gasteiger partial charge in [-0.1, -0.05) is 47.5 Å². The largest absolute Gasteiger partial charge is 0.487 e. The number of Topliss-reactive ketones (excluding diaryl/α,β-unsaturated/α-hetero) is 1. The van der Waals surface area contributed by atoms with Crippen LogP contribution in [0, 0.1) is 6.92 Å². The SMILES string of the molecule is CC(=O)C(Nc1cccc(C(=O)Nc2cccnc2)c1)c1cccn1-c1ccc(Cl)c(COc2cccc3ccc(C)nc23)c1Cl. The first kappa shape index (κ1) is 30.8. The number of pyridine rings is 2. The van der Waals surface area contributed by atoms with Crippen molar-refractivity contribution in [1.29, 1.82) is 0 Å². The van der Waals surface area contributed by atoms with Crippen molar-refractivity contribution in [2.24, 2.45) is 0 Å². The van der Waals surface area contributed by atoms with Crippen molar-refractivity contribution < 1.29 is 14.3 Å². The molecule has 46 heavy (non-hydrogen) atoms. The second-order valence-electron chi connectivity index (χ2n) is 10.7. The predicted octanol–water partition coefficient (Wildman–Crippen LogP) is 8.61. The van der Waals surface area contributed by atoms with Crippen LogP contribution in [0.1, 0.15) is 40.3 Å². The van der Waals surface area contributed by atoms with Crippen molar-refractivity contribution in [3.8, 4) is 11.4 Å². The number of aromatic nitrogens is 3. The van der Waals surface area contributed by atoms with Gasteiger partial charge in [-0.05, 0) is 80.6 Å². The Balaban J connectivity index is 1.26. The fraction of sp³-hybridized carbons (Fsp3) is 0.111. The van der Waals surface area contributed by atoms with Gasteiger partial charge >= 0.3 is 0 Å². The lowest BCUT2D eigenvalue weighted by Gasteiger charge is -2.22. The number of hydrogen-bond donors (Lipinski definition) is 2. The number of ketones is 1. The van der Waals surface area contributed by atoms with Crippen LogP contribution in [0.5, 0.6) is 5.75 Å². The molecule has 3 aromatic heterocycles. The van der Waals surface area contributed by atoms with Crippen LogP contribution in [0.25, 0.3) is 16.6 Å². The normalized spacial score (nSPS) is 11.7. The quantitative estimate of drug-likeness (QED) is 0.154. The molecule has 2 N–H and O–H groups in total. The summed E-state index contributed by atoms with van der Waals surface area (Å²) in [5.41, 5.74) is 5.14. The lowest BCUT2D eigenvalue weighted by Crippen LogP contribution is -2.22. The van der Waals surface area contributed by atoms with Gasteiger partial charge in [0.05, 0.1) is 28.3 Å². The summed E-state index contributed by atoms with van der Waals surface area (Å²) in [4.78, 5) is 34.6. The molecule has 6 aromatic rings. The number of aryl methyl sites for hydroxylation is 1. The first-order valence-electron chi connectivity index (χ1n) is 14.5. The van der Waals surface area contributed by atoms with Gasteiger partial charge in [-0.3, -0.25) is 14.6 Å². The molecule has 0 aliphatic rings. The average Bonchev–Trinajstić information content (AvgIpc) is 3.53. The molecule has 8 nitrogen and oxygen atoms in total. The highest BCUT2D eigenvalue weighted by atomic mass is 35.5. The molecule has 10 heteroatoms. The Kier molecular flexibility index (Phi) is 9.01. The van der Waals surface area contributed by atoms with E-state index in [0.717, 1.165) is 16.6 Å². The van der Waals surface area contributed by atoms with Crippen LogP contribution in [0.15, 0.2) is 110 Å². The van der Waals surface area contributed by atoms with Crippen LogP contribution in [0.2, 0.25) is 10.0 Å². The van der Waals surface area contributed by atoms with E-state index in [-0.39, 0.29) is 18.3 Å². The van der Waals surface area contributed by atoms with E-state index in [1.54, 1.807) is 60.9 Å². The van der Waals surface area contributed by atoms with Gasteiger partial charge in [-0.15, -0.1) is 0 Å². The van der Waals surface area contributed by atoms with Gasteiger partial charge in [0.25, 0.3) is 5.91 Å². The number of nitrogens with zero attached hydrogens (tertiary/aromatic N) is 3. The lowest BCUT2D eigenvalue weighted by atomic mass is 10.1. The van der Waals surface area contributed by atoms with Gasteiger partial charge in [0.2, 0.25) is 0 Å². The summed E-state index contributed by atoms with van der Waals surface area (Å²) < 4.78 is 8.06. The molecule has 3 aromatic carbocycles. The van der Waals surface area contributed by atoms with E-state index in [2.05, 4.69) is 20.6 Å². The molecule has 0 aliphatic carbocycles. The summed E-state index contributed by atoms with van der Waals surface area (Å²) in [5, 5.41) is 7.94. The Bertz CT molecular complexity index is 2060. The number of para-hydroxylation sites is 1. The van der Waals surface area contributed by atoms with Crippen LogP contribution in [-0.4, -0.2) is 26.2 Å². The molecule has 230 valence electrons. The molecular weight excluding hydrogens is 621 g/mol. The Labute approximate surface area is 276 Å². The van der Waals surface area contributed by atoms with Crippen LogP contribution in [-0.2, 0) is 11.4 Å². The van der Waals surface area contributed by atoms with Gasteiger partial charge in [0.1, 0.15) is 23.9 Å². The van der Waals surface area contributed by atoms with Gasteiger partial charge in [-0.2, -0.15) is 0 Å². The minimum atomic E-state index is -0.747. The number of benzene rings is 3. The first-order chi connectivity index (χ1) is 22.3. The van der Waals surface area contributed by atoms with Crippen LogP contribution >= 0.6 is 23.2 Å². The zero-order valence-corrected chi connectivity index (χ0v) is 26.5. The highest BCUT2D eigenvalue weighted by Gasteiger charge is 2.23. The third-order valence-corrected chi connectivity index (χ3v) is 8.23. The van der Waals surface area contributed by atoms with Gasteiger partial charge in [0, 0.05) is 45.3 Å².